The number of aromatic nitrogens is 3. The van der Waals surface area contributed by atoms with Gasteiger partial charge in [0.15, 0.2) is 0 Å². The Morgan fingerprint density at radius 3 is 2.39 bits per heavy atom. The zero-order valence-electron chi connectivity index (χ0n) is 19.7. The van der Waals surface area contributed by atoms with Crippen LogP contribution in [0.2, 0.25) is 0 Å². The van der Waals surface area contributed by atoms with Crippen LogP contribution < -0.4 is 9.64 Å². The van der Waals surface area contributed by atoms with Crippen molar-refractivity contribution in [1.29, 1.82) is 0 Å². The Morgan fingerprint density at radius 2 is 1.70 bits per heavy atom. The van der Waals surface area contributed by atoms with E-state index in [1.54, 1.807) is 26.1 Å². The molecule has 0 aliphatic rings. The van der Waals surface area contributed by atoms with Crippen molar-refractivity contribution in [2.45, 2.75) is 13.8 Å². The summed E-state index contributed by atoms with van der Waals surface area (Å²) in [5, 5.41) is 0.977. The molecule has 4 aromatic rings. The van der Waals surface area contributed by atoms with Gasteiger partial charge in [0.05, 0.1) is 12.7 Å². The first kappa shape index (κ1) is 22.3. The Hall–Kier alpha value is -3.87. The third-order valence-electron chi connectivity index (χ3n) is 5.83. The molecule has 0 radical (unpaired) electrons. The number of carbonyl (C=O) groups excluding carboxylic acids is 1. The van der Waals surface area contributed by atoms with Crippen molar-refractivity contribution in [3.05, 3.63) is 60.6 Å². The van der Waals surface area contributed by atoms with Crippen molar-refractivity contribution < 1.29 is 9.53 Å². The molecule has 0 fully saturated rings. The van der Waals surface area contributed by atoms with Gasteiger partial charge in [0.1, 0.15) is 17.2 Å². The average Bonchev–Trinajstić information content (AvgIpc) is 3.27. The normalized spacial score (nSPS) is 10.9. The van der Waals surface area contributed by atoms with E-state index in [-0.39, 0.29) is 5.91 Å². The SMILES string of the molecule is CCN(CC)c1ncc(-c2cnc3[nH]cc(-c4ccccc4OC)c3c2)cc1C(=O)N(C)C. The van der Waals surface area contributed by atoms with Gasteiger partial charge in [-0.05, 0) is 32.0 Å². The number of aromatic amines is 1. The minimum absolute atomic E-state index is 0.0726. The highest BCUT2D eigenvalue weighted by atomic mass is 16.5. The number of H-pyrrole nitrogens is 1. The predicted octanol–water partition coefficient (Wildman–Crippen LogP) is 4.85. The van der Waals surface area contributed by atoms with Gasteiger partial charge < -0.3 is 19.5 Å². The first-order valence-electron chi connectivity index (χ1n) is 11.1. The Morgan fingerprint density at radius 1 is 1.00 bits per heavy atom. The number of nitrogens with one attached hydrogen (secondary N) is 1. The fourth-order valence-electron chi connectivity index (χ4n) is 4.04. The minimum atomic E-state index is -0.0726. The van der Waals surface area contributed by atoms with Crippen LogP contribution >= 0.6 is 0 Å². The smallest absolute Gasteiger partial charge is 0.257 e. The van der Waals surface area contributed by atoms with Crippen LogP contribution in [0.5, 0.6) is 5.75 Å². The Balaban J connectivity index is 1.85. The van der Waals surface area contributed by atoms with Crippen LogP contribution in [0.1, 0.15) is 24.2 Å². The maximum atomic E-state index is 13.0. The summed E-state index contributed by atoms with van der Waals surface area (Å²) in [6.45, 7) is 5.67. The summed E-state index contributed by atoms with van der Waals surface area (Å²) in [4.78, 5) is 29.2. The van der Waals surface area contributed by atoms with Crippen LogP contribution in [0.3, 0.4) is 0 Å². The average molecular weight is 444 g/mol. The van der Waals surface area contributed by atoms with Crippen molar-refractivity contribution in [3.8, 4) is 28.0 Å². The number of hydrogen-bond donors (Lipinski definition) is 1. The van der Waals surface area contributed by atoms with Crippen molar-refractivity contribution >= 4 is 22.8 Å². The fraction of sp³-hybridized carbons (Fsp3) is 0.269. The van der Waals surface area contributed by atoms with E-state index in [9.17, 15) is 4.79 Å². The molecule has 0 spiro atoms. The van der Waals surface area contributed by atoms with Crippen LogP contribution in [0.4, 0.5) is 5.82 Å². The van der Waals surface area contributed by atoms with Crippen LogP contribution in [-0.2, 0) is 0 Å². The van der Waals surface area contributed by atoms with Crippen molar-refractivity contribution in [2.24, 2.45) is 0 Å². The lowest BCUT2D eigenvalue weighted by Gasteiger charge is -2.24. The van der Waals surface area contributed by atoms with Crippen LogP contribution in [-0.4, -0.2) is 60.1 Å². The molecule has 3 heterocycles. The second kappa shape index (κ2) is 9.32. The molecule has 0 unspecified atom stereocenters. The number of para-hydroxylation sites is 1. The van der Waals surface area contributed by atoms with Gasteiger partial charge >= 0.3 is 0 Å². The molecular weight excluding hydrogens is 414 g/mol. The van der Waals surface area contributed by atoms with Crippen molar-refractivity contribution in [1.82, 2.24) is 19.9 Å². The molecule has 3 aromatic heterocycles. The summed E-state index contributed by atoms with van der Waals surface area (Å²) in [6.07, 6.45) is 5.57. The summed E-state index contributed by atoms with van der Waals surface area (Å²) >= 11 is 0. The van der Waals surface area contributed by atoms with Gasteiger partial charge in [0.25, 0.3) is 5.91 Å². The van der Waals surface area contributed by atoms with E-state index in [0.29, 0.717) is 11.4 Å². The van der Waals surface area contributed by atoms with Crippen LogP contribution in [0.25, 0.3) is 33.3 Å². The molecule has 1 amide bonds. The minimum Gasteiger partial charge on any atom is -0.496 e. The fourth-order valence-corrected chi connectivity index (χ4v) is 4.04. The molecular formula is C26H29N5O2. The molecule has 33 heavy (non-hydrogen) atoms. The van der Waals surface area contributed by atoms with Gasteiger partial charge in [-0.2, -0.15) is 0 Å². The second-order valence-electron chi connectivity index (χ2n) is 7.99. The number of benzene rings is 1. The van der Waals surface area contributed by atoms with E-state index in [2.05, 4.69) is 34.8 Å². The summed E-state index contributed by atoms with van der Waals surface area (Å²) in [6, 6.07) is 11.9. The molecule has 0 saturated heterocycles. The van der Waals surface area contributed by atoms with Gasteiger partial charge in [0, 0.05) is 73.4 Å². The number of nitrogens with zero attached hydrogens (tertiary/aromatic N) is 4. The number of ether oxygens (including phenoxy) is 1. The molecule has 0 bridgehead atoms. The van der Waals surface area contributed by atoms with E-state index < -0.39 is 0 Å². The largest absolute Gasteiger partial charge is 0.496 e. The first-order chi connectivity index (χ1) is 16.0. The predicted molar refractivity (Wildman–Crippen MR) is 133 cm³/mol. The number of methoxy groups -OCH3 is 1. The maximum absolute atomic E-state index is 13.0. The molecule has 0 aliphatic heterocycles. The van der Waals surface area contributed by atoms with E-state index >= 15 is 0 Å². The highest BCUT2D eigenvalue weighted by Gasteiger charge is 2.20. The van der Waals surface area contributed by atoms with Gasteiger partial charge in [-0.15, -0.1) is 0 Å². The number of pyridine rings is 2. The zero-order valence-corrected chi connectivity index (χ0v) is 19.7. The lowest BCUT2D eigenvalue weighted by atomic mass is 10.0. The molecule has 0 atom stereocenters. The summed E-state index contributed by atoms with van der Waals surface area (Å²) in [5.41, 5.74) is 5.11. The molecule has 1 N–H and O–H groups in total. The van der Waals surface area contributed by atoms with Crippen molar-refractivity contribution in [3.63, 3.8) is 0 Å². The molecule has 7 heteroatoms. The molecule has 1 aromatic carbocycles. The zero-order chi connectivity index (χ0) is 23.5. The molecule has 4 rings (SSSR count). The van der Waals surface area contributed by atoms with Gasteiger partial charge in [-0.25, -0.2) is 9.97 Å². The quantitative estimate of drug-likeness (QED) is 0.442. The van der Waals surface area contributed by atoms with E-state index in [4.69, 9.17) is 9.72 Å². The number of hydrogen-bond acceptors (Lipinski definition) is 5. The number of amides is 1. The molecule has 7 nitrogen and oxygen atoms in total. The topological polar surface area (TPSA) is 74.4 Å². The number of anilines is 1. The number of rotatable bonds is 7. The Labute approximate surface area is 194 Å². The van der Waals surface area contributed by atoms with Crippen LogP contribution in [0.15, 0.2) is 55.0 Å². The summed E-state index contributed by atoms with van der Waals surface area (Å²) < 4.78 is 5.56. The third kappa shape index (κ3) is 4.14. The Bertz CT molecular complexity index is 1290. The third-order valence-corrected chi connectivity index (χ3v) is 5.83. The highest BCUT2D eigenvalue weighted by molar-refractivity contribution is 6.01. The Kier molecular flexibility index (Phi) is 6.31. The molecule has 0 saturated carbocycles. The second-order valence-corrected chi connectivity index (χ2v) is 7.99. The van der Waals surface area contributed by atoms with Crippen molar-refractivity contribution in [2.75, 3.05) is 39.2 Å². The monoisotopic (exact) mass is 443 g/mol. The first-order valence-corrected chi connectivity index (χ1v) is 11.1. The summed E-state index contributed by atoms with van der Waals surface area (Å²) in [5.74, 6) is 1.43. The number of carbonyl (C=O) groups is 1. The van der Waals surface area contributed by atoms with E-state index in [0.717, 1.165) is 52.1 Å². The number of fused-ring (bicyclic) bond motifs is 1. The lowest BCUT2D eigenvalue weighted by molar-refractivity contribution is 0.0828. The lowest BCUT2D eigenvalue weighted by Crippen LogP contribution is -2.29. The van der Waals surface area contributed by atoms with Gasteiger partial charge in [-0.3, -0.25) is 4.79 Å². The van der Waals surface area contributed by atoms with Gasteiger partial charge in [0.2, 0.25) is 0 Å². The van der Waals surface area contributed by atoms with Crippen LogP contribution in [0, 0.1) is 0 Å². The standard InChI is InChI=1S/C26H29N5O2/c1-6-31(7-2)25-21(26(32)30(3)4)13-18(15-29-25)17-12-20-22(16-28-24(20)27-14-17)19-10-8-9-11-23(19)33-5/h8-16H,6-7H2,1-5H3,(H,27,28). The maximum Gasteiger partial charge on any atom is 0.257 e. The summed E-state index contributed by atoms with van der Waals surface area (Å²) in [7, 11) is 5.19. The molecule has 0 aliphatic carbocycles. The van der Waals surface area contributed by atoms with E-state index in [1.165, 1.54) is 0 Å². The highest BCUT2D eigenvalue weighted by Crippen LogP contribution is 2.36. The van der Waals surface area contributed by atoms with E-state index in [1.807, 2.05) is 48.9 Å². The van der Waals surface area contributed by atoms with Gasteiger partial charge in [-0.1, -0.05) is 18.2 Å². The molecule has 170 valence electrons.